The van der Waals surface area contributed by atoms with Crippen LogP contribution in [0.15, 0.2) is 0 Å². The predicted molar refractivity (Wildman–Crippen MR) is 91.0 cm³/mol. The molecule has 1 atom stereocenters. The van der Waals surface area contributed by atoms with Crippen molar-refractivity contribution in [2.75, 3.05) is 37.7 Å². The van der Waals surface area contributed by atoms with Crippen LogP contribution < -0.4 is 5.32 Å². The van der Waals surface area contributed by atoms with Crippen LogP contribution in [0.1, 0.15) is 46.5 Å². The van der Waals surface area contributed by atoms with Gasteiger partial charge < -0.3 is 15.1 Å². The minimum Gasteiger partial charge on any atom is -0.333 e. The van der Waals surface area contributed by atoms with Gasteiger partial charge in [-0.15, -0.1) is 0 Å². The standard InChI is InChI=1S/C16H31N3OS/c1-16(2,3)17-15(20)19-10-7-11-21-13-14(19)12-18-8-5-4-6-9-18/h14H,4-13H2,1-3H3,(H,17,20). The Labute approximate surface area is 134 Å². The second-order valence-electron chi connectivity index (χ2n) is 7.32. The SMILES string of the molecule is CC(C)(C)NC(=O)N1CCCSCC1CN1CCCCC1. The number of nitrogens with one attached hydrogen (secondary N) is 1. The van der Waals surface area contributed by atoms with Crippen LogP contribution in [0.25, 0.3) is 0 Å². The predicted octanol–water partition coefficient (Wildman–Crippen LogP) is 2.79. The number of carbonyl (C=O) groups is 1. The molecular formula is C16H31N3OS. The van der Waals surface area contributed by atoms with Crippen molar-refractivity contribution in [1.29, 1.82) is 0 Å². The molecule has 0 aromatic rings. The Balaban J connectivity index is 1.97. The highest BCUT2D eigenvalue weighted by Crippen LogP contribution is 2.20. The molecule has 0 aromatic heterocycles. The zero-order valence-corrected chi connectivity index (χ0v) is 14.7. The highest BCUT2D eigenvalue weighted by atomic mass is 32.2. The molecule has 1 unspecified atom stereocenters. The van der Waals surface area contributed by atoms with Crippen LogP contribution in [-0.4, -0.2) is 65.1 Å². The first-order chi connectivity index (χ1) is 9.96. The van der Waals surface area contributed by atoms with Crippen molar-refractivity contribution in [3.63, 3.8) is 0 Å². The molecule has 21 heavy (non-hydrogen) atoms. The van der Waals surface area contributed by atoms with E-state index in [1.54, 1.807) is 0 Å². The van der Waals surface area contributed by atoms with Gasteiger partial charge in [-0.2, -0.15) is 11.8 Å². The van der Waals surface area contributed by atoms with E-state index in [1.165, 1.54) is 38.1 Å². The third kappa shape index (κ3) is 5.70. The molecule has 2 rings (SSSR count). The number of likely N-dealkylation sites (tertiary alicyclic amines) is 1. The highest BCUT2D eigenvalue weighted by molar-refractivity contribution is 7.99. The number of amides is 2. The number of rotatable bonds is 2. The number of thioether (sulfide) groups is 1. The average Bonchev–Trinajstić information content (AvgIpc) is 2.63. The average molecular weight is 314 g/mol. The molecule has 0 aliphatic carbocycles. The minimum atomic E-state index is -0.161. The summed E-state index contributed by atoms with van der Waals surface area (Å²) in [6, 6.07) is 0.477. The van der Waals surface area contributed by atoms with Crippen molar-refractivity contribution in [3.8, 4) is 0 Å². The van der Waals surface area contributed by atoms with E-state index in [1.807, 2.05) is 11.8 Å². The normalized spacial score (nSPS) is 25.5. The van der Waals surface area contributed by atoms with E-state index < -0.39 is 0 Å². The summed E-state index contributed by atoms with van der Waals surface area (Å²) < 4.78 is 0. The molecule has 0 bridgehead atoms. The lowest BCUT2D eigenvalue weighted by Gasteiger charge is -2.37. The van der Waals surface area contributed by atoms with Gasteiger partial charge in [0.15, 0.2) is 0 Å². The quantitative estimate of drug-likeness (QED) is 0.851. The van der Waals surface area contributed by atoms with E-state index in [9.17, 15) is 4.79 Å². The number of piperidine rings is 1. The van der Waals surface area contributed by atoms with Gasteiger partial charge in [-0.05, 0) is 58.9 Å². The van der Waals surface area contributed by atoms with E-state index >= 15 is 0 Å². The van der Waals surface area contributed by atoms with Gasteiger partial charge in [0.1, 0.15) is 0 Å². The van der Waals surface area contributed by atoms with Crippen LogP contribution in [0, 0.1) is 0 Å². The van der Waals surface area contributed by atoms with Gasteiger partial charge in [0.25, 0.3) is 0 Å². The monoisotopic (exact) mass is 313 g/mol. The fourth-order valence-corrected chi connectivity index (χ4v) is 4.14. The van der Waals surface area contributed by atoms with E-state index in [2.05, 4.69) is 35.9 Å². The third-order valence-electron chi connectivity index (χ3n) is 4.10. The zero-order chi connectivity index (χ0) is 15.3. The summed E-state index contributed by atoms with van der Waals surface area (Å²) in [4.78, 5) is 17.3. The minimum absolute atomic E-state index is 0.118. The Hall–Kier alpha value is -0.420. The lowest BCUT2D eigenvalue weighted by Crippen LogP contribution is -2.55. The number of hydrogen-bond acceptors (Lipinski definition) is 3. The Morgan fingerprint density at radius 3 is 2.52 bits per heavy atom. The summed E-state index contributed by atoms with van der Waals surface area (Å²) >= 11 is 2.00. The van der Waals surface area contributed by atoms with E-state index in [4.69, 9.17) is 0 Å². The summed E-state index contributed by atoms with van der Waals surface area (Å²) in [6.45, 7) is 10.5. The molecule has 2 heterocycles. The largest absolute Gasteiger partial charge is 0.333 e. The smallest absolute Gasteiger partial charge is 0.318 e. The van der Waals surface area contributed by atoms with Crippen molar-refractivity contribution >= 4 is 17.8 Å². The summed E-state index contributed by atoms with van der Waals surface area (Å²) in [5.41, 5.74) is -0.161. The summed E-state index contributed by atoms with van der Waals surface area (Å²) in [5.74, 6) is 2.25. The Bertz CT molecular complexity index is 337. The highest BCUT2D eigenvalue weighted by Gasteiger charge is 2.29. The van der Waals surface area contributed by atoms with Gasteiger partial charge in [-0.25, -0.2) is 4.79 Å². The first-order valence-corrected chi connectivity index (χ1v) is 9.50. The molecule has 2 fully saturated rings. The molecule has 0 radical (unpaired) electrons. The Morgan fingerprint density at radius 1 is 1.14 bits per heavy atom. The molecule has 2 aliphatic rings. The topological polar surface area (TPSA) is 35.6 Å². The zero-order valence-electron chi connectivity index (χ0n) is 13.9. The van der Waals surface area contributed by atoms with Gasteiger partial charge >= 0.3 is 6.03 Å². The van der Waals surface area contributed by atoms with Crippen LogP contribution >= 0.6 is 11.8 Å². The van der Waals surface area contributed by atoms with Crippen LogP contribution in [0.5, 0.6) is 0 Å². The van der Waals surface area contributed by atoms with Crippen molar-refractivity contribution in [3.05, 3.63) is 0 Å². The maximum absolute atomic E-state index is 12.6. The molecule has 2 amide bonds. The fourth-order valence-electron chi connectivity index (χ4n) is 3.08. The van der Waals surface area contributed by atoms with Crippen molar-refractivity contribution in [2.24, 2.45) is 0 Å². The molecule has 0 saturated carbocycles. The number of carbonyl (C=O) groups excluding carboxylic acids is 1. The number of urea groups is 1. The molecule has 0 spiro atoms. The Kier molecular flexibility index (Phi) is 6.23. The molecule has 4 nitrogen and oxygen atoms in total. The van der Waals surface area contributed by atoms with Crippen molar-refractivity contribution in [2.45, 2.75) is 58.0 Å². The second-order valence-corrected chi connectivity index (χ2v) is 8.47. The van der Waals surface area contributed by atoms with Gasteiger partial charge in [0.05, 0.1) is 6.04 Å². The van der Waals surface area contributed by atoms with E-state index in [0.29, 0.717) is 6.04 Å². The maximum atomic E-state index is 12.6. The van der Waals surface area contributed by atoms with Crippen LogP contribution in [0.3, 0.4) is 0 Å². The molecule has 1 N–H and O–H groups in total. The lowest BCUT2D eigenvalue weighted by molar-refractivity contribution is 0.139. The molecule has 2 saturated heterocycles. The lowest BCUT2D eigenvalue weighted by atomic mass is 10.1. The fraction of sp³-hybridized carbons (Fsp3) is 0.938. The summed E-state index contributed by atoms with van der Waals surface area (Å²) in [5, 5.41) is 3.14. The van der Waals surface area contributed by atoms with Gasteiger partial charge in [-0.1, -0.05) is 6.42 Å². The summed E-state index contributed by atoms with van der Waals surface area (Å²) in [7, 11) is 0. The van der Waals surface area contributed by atoms with E-state index in [0.717, 1.165) is 25.3 Å². The maximum Gasteiger partial charge on any atom is 0.318 e. The van der Waals surface area contributed by atoms with Gasteiger partial charge in [0.2, 0.25) is 0 Å². The van der Waals surface area contributed by atoms with Gasteiger partial charge in [-0.3, -0.25) is 0 Å². The second kappa shape index (κ2) is 7.73. The summed E-state index contributed by atoms with van der Waals surface area (Å²) in [6.07, 6.45) is 5.10. The van der Waals surface area contributed by atoms with E-state index in [-0.39, 0.29) is 11.6 Å². The van der Waals surface area contributed by atoms with Crippen LogP contribution in [0.2, 0.25) is 0 Å². The van der Waals surface area contributed by atoms with Gasteiger partial charge in [0, 0.05) is 24.4 Å². The van der Waals surface area contributed by atoms with Crippen LogP contribution in [-0.2, 0) is 0 Å². The molecule has 5 heteroatoms. The first kappa shape index (κ1) is 16.9. The number of nitrogens with zero attached hydrogens (tertiary/aromatic N) is 2. The molecule has 0 aromatic carbocycles. The molecule has 122 valence electrons. The Morgan fingerprint density at radius 2 is 1.86 bits per heavy atom. The van der Waals surface area contributed by atoms with Crippen molar-refractivity contribution < 1.29 is 4.79 Å². The third-order valence-corrected chi connectivity index (χ3v) is 5.30. The molecular weight excluding hydrogens is 282 g/mol. The van der Waals surface area contributed by atoms with Crippen molar-refractivity contribution in [1.82, 2.24) is 15.1 Å². The number of hydrogen-bond donors (Lipinski definition) is 1. The van der Waals surface area contributed by atoms with Crippen LogP contribution in [0.4, 0.5) is 4.79 Å². The molecule has 2 aliphatic heterocycles. The first-order valence-electron chi connectivity index (χ1n) is 8.34.